The zero-order chi connectivity index (χ0) is 15.4. The summed E-state index contributed by atoms with van der Waals surface area (Å²) >= 11 is 0. The number of benzene rings is 1. The predicted octanol–water partition coefficient (Wildman–Crippen LogP) is 3.00. The van der Waals surface area contributed by atoms with Gasteiger partial charge in [0, 0.05) is 11.5 Å². The summed E-state index contributed by atoms with van der Waals surface area (Å²) in [6.07, 6.45) is 5.40. The number of methoxy groups -OCH3 is 1. The Morgan fingerprint density at radius 3 is 2.64 bits per heavy atom. The molecule has 6 nitrogen and oxygen atoms in total. The fraction of sp³-hybridized carbons (Fsp3) is 0.438. The van der Waals surface area contributed by atoms with Gasteiger partial charge in [0.25, 0.3) is 0 Å². The first-order chi connectivity index (χ1) is 10.8. The van der Waals surface area contributed by atoms with E-state index < -0.39 is 0 Å². The van der Waals surface area contributed by atoms with Gasteiger partial charge in [-0.25, -0.2) is 0 Å². The summed E-state index contributed by atoms with van der Waals surface area (Å²) in [6, 6.07) is 7.51. The molecule has 0 atom stereocenters. The third-order valence-electron chi connectivity index (χ3n) is 4.06. The number of nitrogens with zero attached hydrogens (tertiary/aromatic N) is 2. The van der Waals surface area contributed by atoms with Crippen LogP contribution < -0.4 is 10.1 Å². The van der Waals surface area contributed by atoms with Gasteiger partial charge < -0.3 is 4.74 Å². The van der Waals surface area contributed by atoms with Gasteiger partial charge in [-0.05, 0) is 37.1 Å². The molecule has 22 heavy (non-hydrogen) atoms. The molecule has 116 valence electrons. The molecule has 0 aliphatic heterocycles. The molecule has 2 aromatic rings. The summed E-state index contributed by atoms with van der Waals surface area (Å²) in [5, 5.41) is 9.73. The summed E-state index contributed by atoms with van der Waals surface area (Å²) in [4.78, 5) is 16.5. The van der Waals surface area contributed by atoms with Crippen molar-refractivity contribution >= 4 is 11.9 Å². The van der Waals surface area contributed by atoms with Gasteiger partial charge in [-0.3, -0.25) is 15.2 Å². The molecule has 1 amide bonds. The third kappa shape index (κ3) is 3.27. The van der Waals surface area contributed by atoms with Gasteiger partial charge in [0.15, 0.2) is 5.82 Å². The van der Waals surface area contributed by atoms with E-state index in [1.807, 2.05) is 24.3 Å². The SMILES string of the molecule is COc1ccc(-c2nc(NC(=O)C3CCCCC3)n[nH]2)cc1. The minimum absolute atomic E-state index is 0.0278. The number of H-pyrrole nitrogens is 1. The van der Waals surface area contributed by atoms with Crippen LogP contribution in [-0.4, -0.2) is 28.2 Å². The Morgan fingerprint density at radius 2 is 1.95 bits per heavy atom. The number of anilines is 1. The molecule has 1 aliphatic carbocycles. The highest BCUT2D eigenvalue weighted by atomic mass is 16.5. The normalized spacial score (nSPS) is 15.5. The van der Waals surface area contributed by atoms with Crippen molar-refractivity contribution in [3.05, 3.63) is 24.3 Å². The van der Waals surface area contributed by atoms with E-state index in [4.69, 9.17) is 4.74 Å². The molecule has 1 saturated carbocycles. The summed E-state index contributed by atoms with van der Waals surface area (Å²) in [6.45, 7) is 0. The number of ether oxygens (including phenoxy) is 1. The number of hydrogen-bond acceptors (Lipinski definition) is 4. The van der Waals surface area contributed by atoms with Crippen molar-refractivity contribution in [2.45, 2.75) is 32.1 Å². The number of carbonyl (C=O) groups is 1. The van der Waals surface area contributed by atoms with Crippen LogP contribution >= 0.6 is 0 Å². The number of rotatable bonds is 4. The van der Waals surface area contributed by atoms with Gasteiger partial charge in [0.1, 0.15) is 5.75 Å². The summed E-state index contributed by atoms with van der Waals surface area (Å²) in [7, 11) is 1.63. The molecular weight excluding hydrogens is 280 g/mol. The van der Waals surface area contributed by atoms with Crippen LogP contribution in [0.3, 0.4) is 0 Å². The first kappa shape index (κ1) is 14.6. The molecule has 1 aromatic carbocycles. The zero-order valence-electron chi connectivity index (χ0n) is 12.6. The molecule has 1 aromatic heterocycles. The maximum absolute atomic E-state index is 12.2. The Kier molecular flexibility index (Phi) is 4.37. The topological polar surface area (TPSA) is 79.9 Å². The molecule has 1 aliphatic rings. The van der Waals surface area contributed by atoms with E-state index in [0.29, 0.717) is 11.8 Å². The fourth-order valence-corrected chi connectivity index (χ4v) is 2.77. The highest BCUT2D eigenvalue weighted by Crippen LogP contribution is 2.25. The summed E-state index contributed by atoms with van der Waals surface area (Å²) in [5.74, 6) is 1.87. The number of nitrogens with one attached hydrogen (secondary N) is 2. The van der Waals surface area contributed by atoms with Crippen LogP contribution in [0.5, 0.6) is 5.75 Å². The molecule has 0 bridgehead atoms. The Morgan fingerprint density at radius 1 is 1.23 bits per heavy atom. The van der Waals surface area contributed by atoms with Crippen LogP contribution in [0.2, 0.25) is 0 Å². The lowest BCUT2D eigenvalue weighted by atomic mass is 9.89. The molecule has 1 heterocycles. The molecular formula is C16H20N4O2. The summed E-state index contributed by atoms with van der Waals surface area (Å²) < 4.78 is 5.13. The average Bonchev–Trinajstić information content (AvgIpc) is 3.04. The van der Waals surface area contributed by atoms with Gasteiger partial charge in [0.05, 0.1) is 7.11 Å². The van der Waals surface area contributed by atoms with Crippen molar-refractivity contribution in [3.8, 4) is 17.1 Å². The first-order valence-corrected chi connectivity index (χ1v) is 7.64. The Bertz CT molecular complexity index is 630. The Labute approximate surface area is 129 Å². The molecule has 0 spiro atoms. The van der Waals surface area contributed by atoms with E-state index in [1.54, 1.807) is 7.11 Å². The van der Waals surface area contributed by atoms with E-state index >= 15 is 0 Å². The van der Waals surface area contributed by atoms with Crippen molar-refractivity contribution in [1.82, 2.24) is 15.2 Å². The van der Waals surface area contributed by atoms with Gasteiger partial charge in [-0.15, -0.1) is 5.10 Å². The lowest BCUT2D eigenvalue weighted by Crippen LogP contribution is -2.25. The zero-order valence-corrected chi connectivity index (χ0v) is 12.6. The highest BCUT2D eigenvalue weighted by Gasteiger charge is 2.22. The Balaban J connectivity index is 1.66. The van der Waals surface area contributed by atoms with Crippen LogP contribution in [0.4, 0.5) is 5.95 Å². The number of aromatic nitrogens is 3. The van der Waals surface area contributed by atoms with Gasteiger partial charge in [0.2, 0.25) is 11.9 Å². The predicted molar refractivity (Wildman–Crippen MR) is 83.6 cm³/mol. The average molecular weight is 300 g/mol. The minimum atomic E-state index is 0.0278. The van der Waals surface area contributed by atoms with Crippen LogP contribution in [0.25, 0.3) is 11.4 Å². The number of aromatic amines is 1. The lowest BCUT2D eigenvalue weighted by molar-refractivity contribution is -0.120. The minimum Gasteiger partial charge on any atom is -0.497 e. The van der Waals surface area contributed by atoms with Gasteiger partial charge in [-0.1, -0.05) is 19.3 Å². The van der Waals surface area contributed by atoms with E-state index in [0.717, 1.165) is 37.0 Å². The van der Waals surface area contributed by atoms with Gasteiger partial charge in [-0.2, -0.15) is 4.98 Å². The monoisotopic (exact) mass is 300 g/mol. The lowest BCUT2D eigenvalue weighted by Gasteiger charge is -2.19. The van der Waals surface area contributed by atoms with Crippen LogP contribution in [0, 0.1) is 5.92 Å². The molecule has 0 unspecified atom stereocenters. The molecule has 0 saturated heterocycles. The number of amides is 1. The maximum Gasteiger partial charge on any atom is 0.249 e. The van der Waals surface area contributed by atoms with E-state index in [1.165, 1.54) is 6.42 Å². The smallest absolute Gasteiger partial charge is 0.249 e. The number of hydrogen-bond donors (Lipinski definition) is 2. The van der Waals surface area contributed by atoms with Crippen molar-refractivity contribution in [3.63, 3.8) is 0 Å². The second kappa shape index (κ2) is 6.60. The molecule has 1 fully saturated rings. The third-order valence-corrected chi connectivity index (χ3v) is 4.06. The fourth-order valence-electron chi connectivity index (χ4n) is 2.77. The quantitative estimate of drug-likeness (QED) is 0.909. The van der Waals surface area contributed by atoms with Crippen LogP contribution in [0.15, 0.2) is 24.3 Å². The second-order valence-corrected chi connectivity index (χ2v) is 5.56. The highest BCUT2D eigenvalue weighted by molar-refractivity contribution is 5.91. The second-order valence-electron chi connectivity index (χ2n) is 5.56. The Hall–Kier alpha value is -2.37. The van der Waals surface area contributed by atoms with Gasteiger partial charge >= 0.3 is 0 Å². The largest absolute Gasteiger partial charge is 0.497 e. The molecule has 6 heteroatoms. The maximum atomic E-state index is 12.2. The molecule has 2 N–H and O–H groups in total. The van der Waals surface area contributed by atoms with Crippen molar-refractivity contribution < 1.29 is 9.53 Å². The van der Waals surface area contributed by atoms with E-state index in [9.17, 15) is 4.79 Å². The number of carbonyl (C=O) groups excluding carboxylic acids is 1. The standard InChI is InChI=1S/C16H20N4O2/c1-22-13-9-7-11(8-10-13)14-17-16(20-19-14)18-15(21)12-5-3-2-4-6-12/h7-10,12H,2-6H2,1H3,(H2,17,18,19,20,21). The van der Waals surface area contributed by atoms with E-state index in [2.05, 4.69) is 20.5 Å². The van der Waals surface area contributed by atoms with Crippen molar-refractivity contribution in [2.75, 3.05) is 12.4 Å². The van der Waals surface area contributed by atoms with E-state index in [-0.39, 0.29) is 11.8 Å². The van der Waals surface area contributed by atoms with Crippen molar-refractivity contribution in [2.24, 2.45) is 5.92 Å². The first-order valence-electron chi connectivity index (χ1n) is 7.64. The van der Waals surface area contributed by atoms with Crippen LogP contribution in [-0.2, 0) is 4.79 Å². The van der Waals surface area contributed by atoms with Crippen molar-refractivity contribution in [1.29, 1.82) is 0 Å². The van der Waals surface area contributed by atoms with Crippen LogP contribution in [0.1, 0.15) is 32.1 Å². The summed E-state index contributed by atoms with van der Waals surface area (Å²) in [5.41, 5.74) is 0.895. The molecule has 0 radical (unpaired) electrons. The molecule has 3 rings (SSSR count).